The first-order chi connectivity index (χ1) is 19.4. The summed E-state index contributed by atoms with van der Waals surface area (Å²) >= 11 is 0.995. The molecule has 0 aliphatic carbocycles. The number of aryl methyl sites for hydroxylation is 1. The van der Waals surface area contributed by atoms with E-state index in [9.17, 15) is 9.59 Å². The highest BCUT2D eigenvalue weighted by Gasteiger charge is 2.32. The smallest absolute Gasteiger partial charge is 0.286 e. The second-order valence-electron chi connectivity index (χ2n) is 10.6. The third-order valence-corrected chi connectivity index (χ3v) is 8.16. The Kier molecular flexibility index (Phi) is 8.45. The van der Waals surface area contributed by atoms with Crippen LogP contribution < -0.4 is 14.8 Å². The lowest BCUT2D eigenvalue weighted by Crippen LogP contribution is -2.20. The zero-order valence-corrected chi connectivity index (χ0v) is 23.9. The molecule has 0 bridgehead atoms. The summed E-state index contributed by atoms with van der Waals surface area (Å²) < 4.78 is 17.9. The fourth-order valence-corrected chi connectivity index (χ4v) is 5.83. The molecule has 1 unspecified atom stereocenters. The summed E-state index contributed by atoms with van der Waals surface area (Å²) in [6, 6.07) is 21.9. The minimum absolute atomic E-state index is 0.0748. The number of amides is 2. The molecule has 7 nitrogen and oxygen atoms in total. The van der Waals surface area contributed by atoms with Crippen LogP contribution in [0.3, 0.4) is 0 Å². The van der Waals surface area contributed by atoms with Crippen LogP contribution in [0.2, 0.25) is 0 Å². The van der Waals surface area contributed by atoms with E-state index in [1.54, 1.807) is 0 Å². The van der Waals surface area contributed by atoms with E-state index in [2.05, 4.69) is 61.6 Å². The van der Waals surface area contributed by atoms with Gasteiger partial charge in [-0.05, 0) is 59.0 Å². The van der Waals surface area contributed by atoms with Gasteiger partial charge < -0.3 is 14.0 Å². The lowest BCUT2D eigenvalue weighted by molar-refractivity contribution is -0.119. The quantitative estimate of drug-likeness (QED) is 0.184. The largest absolute Gasteiger partial charge is 0.493 e. The molecule has 1 N–H and O–H groups in total. The molecule has 1 aliphatic rings. The molecule has 0 saturated carbocycles. The van der Waals surface area contributed by atoms with Crippen LogP contribution in [0.25, 0.3) is 11.0 Å². The molecule has 1 saturated heterocycles. The molecule has 8 heteroatoms. The fraction of sp³-hybridized carbons (Fsp3) is 0.344. The first-order valence-corrected chi connectivity index (χ1v) is 14.6. The number of hydrogen-bond donors (Lipinski definition) is 1. The number of nitrogens with zero attached hydrogens (tertiary/aromatic N) is 1. The molecule has 1 atom stereocenters. The first kappa shape index (κ1) is 27.8. The summed E-state index contributed by atoms with van der Waals surface area (Å²) in [7, 11) is 0. The van der Waals surface area contributed by atoms with Gasteiger partial charge in [0.15, 0.2) is 5.58 Å². The van der Waals surface area contributed by atoms with E-state index >= 15 is 0 Å². The minimum atomic E-state index is -0.500. The number of hydrogen-bond acceptors (Lipinski definition) is 7. The topological polar surface area (TPSA) is 90.7 Å². The highest BCUT2D eigenvalue weighted by atomic mass is 32.2. The second kappa shape index (κ2) is 12.2. The average molecular weight is 559 g/mol. The Balaban J connectivity index is 1.18. The molecule has 2 heterocycles. The van der Waals surface area contributed by atoms with Gasteiger partial charge in [0.1, 0.15) is 16.7 Å². The van der Waals surface area contributed by atoms with Gasteiger partial charge in [0.05, 0.1) is 18.9 Å². The zero-order valence-electron chi connectivity index (χ0n) is 23.1. The predicted molar refractivity (Wildman–Crippen MR) is 157 cm³/mol. The Morgan fingerprint density at radius 3 is 2.42 bits per heavy atom. The molecule has 0 radical (unpaired) electrons. The van der Waals surface area contributed by atoms with E-state index in [0.29, 0.717) is 25.4 Å². The van der Waals surface area contributed by atoms with Crippen molar-refractivity contribution in [1.29, 1.82) is 0 Å². The average Bonchev–Trinajstić information content (AvgIpc) is 3.51. The second-order valence-corrected chi connectivity index (χ2v) is 11.7. The van der Waals surface area contributed by atoms with Gasteiger partial charge in [-0.3, -0.25) is 14.9 Å². The first-order valence-electron chi connectivity index (χ1n) is 13.7. The molecule has 2 amide bonds. The molecule has 1 aromatic heterocycles. The standard InChI is InChI=1S/C32H34N2O5S/c1-4-9-25-27(17-16-24-26(34-39-28(24)25)20-32(2,3)22-10-6-5-7-11-22)38-19-8-18-37-23-14-12-21(13-15-23)29-30(35)33-31(36)40-29/h5-7,10-17,29H,4,8-9,18-20H2,1-3H3,(H,33,35,36). The Morgan fingerprint density at radius 2 is 1.73 bits per heavy atom. The van der Waals surface area contributed by atoms with Crippen LogP contribution in [0.4, 0.5) is 4.79 Å². The maximum atomic E-state index is 11.9. The third kappa shape index (κ3) is 6.17. The number of carbonyl (C=O) groups is 2. The highest BCUT2D eigenvalue weighted by molar-refractivity contribution is 8.15. The lowest BCUT2D eigenvalue weighted by atomic mass is 9.80. The molecule has 5 rings (SSSR count). The van der Waals surface area contributed by atoms with Gasteiger partial charge in [-0.15, -0.1) is 0 Å². The maximum Gasteiger partial charge on any atom is 0.286 e. The van der Waals surface area contributed by atoms with Crippen molar-refractivity contribution in [2.24, 2.45) is 0 Å². The number of aromatic nitrogens is 1. The summed E-state index contributed by atoms with van der Waals surface area (Å²) in [4.78, 5) is 23.3. The fourth-order valence-electron chi connectivity index (χ4n) is 5.00. The Labute approximate surface area is 238 Å². The van der Waals surface area contributed by atoms with E-state index < -0.39 is 5.25 Å². The monoisotopic (exact) mass is 558 g/mol. The van der Waals surface area contributed by atoms with Crippen LogP contribution in [-0.2, 0) is 23.1 Å². The van der Waals surface area contributed by atoms with Crippen molar-refractivity contribution in [2.75, 3.05) is 13.2 Å². The molecular formula is C32H34N2O5S. The van der Waals surface area contributed by atoms with Crippen molar-refractivity contribution >= 4 is 33.9 Å². The van der Waals surface area contributed by atoms with Gasteiger partial charge in [-0.1, -0.05) is 74.8 Å². The molecule has 1 aliphatic heterocycles. The van der Waals surface area contributed by atoms with Crippen molar-refractivity contribution in [3.05, 3.63) is 89.1 Å². The number of carbonyl (C=O) groups excluding carboxylic acids is 2. The van der Waals surface area contributed by atoms with Gasteiger partial charge in [-0.2, -0.15) is 0 Å². The van der Waals surface area contributed by atoms with Crippen molar-refractivity contribution in [3.8, 4) is 11.5 Å². The molecule has 4 aromatic rings. The van der Waals surface area contributed by atoms with Crippen LogP contribution in [0.15, 0.2) is 71.3 Å². The summed E-state index contributed by atoms with van der Waals surface area (Å²) in [6.45, 7) is 7.61. The molecule has 1 fully saturated rings. The predicted octanol–water partition coefficient (Wildman–Crippen LogP) is 7.17. The SMILES string of the molecule is CCCc1c(OCCCOc2ccc(C3SC(=O)NC3=O)cc2)ccc2c(CC(C)(C)c3ccccc3)noc12. The van der Waals surface area contributed by atoms with Gasteiger partial charge in [0.2, 0.25) is 5.91 Å². The molecule has 3 aromatic carbocycles. The van der Waals surface area contributed by atoms with Gasteiger partial charge >= 0.3 is 0 Å². The number of benzene rings is 3. The van der Waals surface area contributed by atoms with Crippen LogP contribution in [-0.4, -0.2) is 29.5 Å². The summed E-state index contributed by atoms with van der Waals surface area (Å²) in [6.07, 6.45) is 3.29. The Hall–Kier alpha value is -3.78. The van der Waals surface area contributed by atoms with Crippen LogP contribution in [0, 0.1) is 0 Å². The van der Waals surface area contributed by atoms with Crippen molar-refractivity contribution < 1.29 is 23.6 Å². The molecule has 208 valence electrons. The number of nitrogens with one attached hydrogen (secondary N) is 1. The van der Waals surface area contributed by atoms with Crippen LogP contribution in [0.1, 0.15) is 61.2 Å². The number of ether oxygens (including phenoxy) is 2. The summed E-state index contributed by atoms with van der Waals surface area (Å²) in [5.74, 6) is 1.25. The number of imide groups is 1. The molecule has 40 heavy (non-hydrogen) atoms. The van der Waals surface area contributed by atoms with Crippen LogP contribution in [0.5, 0.6) is 11.5 Å². The highest BCUT2D eigenvalue weighted by Crippen LogP contribution is 2.36. The van der Waals surface area contributed by atoms with E-state index in [-0.39, 0.29) is 16.6 Å². The van der Waals surface area contributed by atoms with Crippen molar-refractivity contribution in [3.63, 3.8) is 0 Å². The van der Waals surface area contributed by atoms with Crippen LogP contribution >= 0.6 is 11.8 Å². The number of rotatable bonds is 12. The lowest BCUT2D eigenvalue weighted by Gasteiger charge is -2.24. The normalized spacial score (nSPS) is 15.4. The minimum Gasteiger partial charge on any atom is -0.493 e. The van der Waals surface area contributed by atoms with Gasteiger partial charge in [0.25, 0.3) is 5.24 Å². The maximum absolute atomic E-state index is 11.9. The summed E-state index contributed by atoms with van der Waals surface area (Å²) in [5.41, 5.74) is 4.81. The molecular weight excluding hydrogens is 524 g/mol. The molecule has 0 spiro atoms. The summed E-state index contributed by atoms with van der Waals surface area (Å²) in [5, 5.41) is 7.03. The third-order valence-electron chi connectivity index (χ3n) is 7.13. The van der Waals surface area contributed by atoms with E-state index in [0.717, 1.165) is 64.6 Å². The zero-order chi connectivity index (χ0) is 28.1. The van der Waals surface area contributed by atoms with E-state index in [1.807, 2.05) is 36.4 Å². The number of thioether (sulfide) groups is 1. The van der Waals surface area contributed by atoms with E-state index in [1.165, 1.54) is 5.56 Å². The van der Waals surface area contributed by atoms with E-state index in [4.69, 9.17) is 14.0 Å². The Bertz CT molecular complexity index is 1480. The Morgan fingerprint density at radius 1 is 0.975 bits per heavy atom. The van der Waals surface area contributed by atoms with Gasteiger partial charge in [0, 0.05) is 23.8 Å². The number of fused-ring (bicyclic) bond motifs is 1. The van der Waals surface area contributed by atoms with Crippen molar-refractivity contribution in [2.45, 2.75) is 57.1 Å². The van der Waals surface area contributed by atoms with Gasteiger partial charge in [-0.25, -0.2) is 0 Å². The van der Waals surface area contributed by atoms with Crippen molar-refractivity contribution in [1.82, 2.24) is 10.5 Å².